The van der Waals surface area contributed by atoms with Crippen LogP contribution in [0.3, 0.4) is 0 Å². The normalized spacial score (nSPS) is 22.5. The van der Waals surface area contributed by atoms with Crippen LogP contribution in [-0.4, -0.2) is 66.3 Å². The number of carbonyl (C=O) groups is 2. The van der Waals surface area contributed by atoms with Gasteiger partial charge in [0.05, 0.1) is 6.10 Å². The Morgan fingerprint density at radius 3 is 2.06 bits per heavy atom. The van der Waals surface area contributed by atoms with Gasteiger partial charge in [0.25, 0.3) is 0 Å². The molecule has 0 aromatic heterocycles. The molecule has 2 saturated heterocycles. The van der Waals surface area contributed by atoms with Crippen molar-refractivity contribution in [1.82, 2.24) is 9.80 Å². The molecule has 2 heterocycles. The van der Waals surface area contributed by atoms with Gasteiger partial charge in [0.1, 0.15) is 5.60 Å². The molecule has 1 aliphatic carbocycles. The second-order valence-electron chi connectivity index (χ2n) is 10.8. The first-order valence-corrected chi connectivity index (χ1v) is 12.7. The highest BCUT2D eigenvalue weighted by Gasteiger charge is 2.30. The first kappa shape index (κ1) is 24.3. The molecule has 31 heavy (non-hydrogen) atoms. The molecule has 3 fully saturated rings. The number of nitrogens with zero attached hydrogens (tertiary/aromatic N) is 2. The maximum atomic E-state index is 12.7. The second kappa shape index (κ2) is 11.5. The van der Waals surface area contributed by atoms with E-state index in [1.807, 2.05) is 25.7 Å². The van der Waals surface area contributed by atoms with Gasteiger partial charge in [-0.3, -0.25) is 4.79 Å². The van der Waals surface area contributed by atoms with Crippen LogP contribution in [0.25, 0.3) is 0 Å². The van der Waals surface area contributed by atoms with E-state index in [-0.39, 0.29) is 12.0 Å². The Balaban J connectivity index is 1.24. The van der Waals surface area contributed by atoms with E-state index in [2.05, 4.69) is 4.90 Å². The van der Waals surface area contributed by atoms with E-state index in [0.717, 1.165) is 77.7 Å². The number of hydrogen-bond acceptors (Lipinski definition) is 4. The van der Waals surface area contributed by atoms with Crippen LogP contribution in [0, 0.1) is 11.8 Å². The van der Waals surface area contributed by atoms with E-state index in [4.69, 9.17) is 9.47 Å². The van der Waals surface area contributed by atoms with E-state index in [0.29, 0.717) is 17.9 Å². The monoisotopic (exact) mass is 436 g/mol. The number of hydrogen-bond donors (Lipinski definition) is 0. The summed E-state index contributed by atoms with van der Waals surface area (Å²) in [4.78, 5) is 28.8. The quantitative estimate of drug-likeness (QED) is 0.550. The zero-order valence-electron chi connectivity index (χ0n) is 20.1. The molecule has 0 N–H and O–H groups in total. The van der Waals surface area contributed by atoms with Crippen LogP contribution < -0.4 is 0 Å². The third-order valence-electron chi connectivity index (χ3n) is 7.08. The van der Waals surface area contributed by atoms with Crippen LogP contribution in [0.15, 0.2) is 0 Å². The minimum atomic E-state index is -0.426. The van der Waals surface area contributed by atoms with E-state index in [1.54, 1.807) is 0 Å². The maximum Gasteiger partial charge on any atom is 0.410 e. The van der Waals surface area contributed by atoms with Crippen molar-refractivity contribution in [1.29, 1.82) is 0 Å². The summed E-state index contributed by atoms with van der Waals surface area (Å²) >= 11 is 0. The molecule has 0 unspecified atom stereocenters. The lowest BCUT2D eigenvalue weighted by molar-refractivity contribution is -0.139. The summed E-state index contributed by atoms with van der Waals surface area (Å²) < 4.78 is 11.6. The van der Waals surface area contributed by atoms with Crippen molar-refractivity contribution in [3.8, 4) is 0 Å². The molecule has 6 heteroatoms. The first-order valence-electron chi connectivity index (χ1n) is 12.7. The number of carbonyl (C=O) groups excluding carboxylic acids is 2. The molecule has 0 radical (unpaired) electrons. The van der Waals surface area contributed by atoms with Gasteiger partial charge < -0.3 is 19.3 Å². The van der Waals surface area contributed by atoms with Gasteiger partial charge in [-0.05, 0) is 78.1 Å². The number of amides is 2. The van der Waals surface area contributed by atoms with Crippen molar-refractivity contribution in [2.75, 3.05) is 32.8 Å². The van der Waals surface area contributed by atoms with Gasteiger partial charge in [-0.15, -0.1) is 0 Å². The van der Waals surface area contributed by atoms with E-state index < -0.39 is 5.60 Å². The predicted molar refractivity (Wildman–Crippen MR) is 122 cm³/mol. The average Bonchev–Trinajstić information content (AvgIpc) is 2.76. The van der Waals surface area contributed by atoms with Crippen molar-refractivity contribution < 1.29 is 19.1 Å². The van der Waals surface area contributed by atoms with Crippen LogP contribution >= 0.6 is 0 Å². The fourth-order valence-corrected chi connectivity index (χ4v) is 5.20. The molecule has 1 saturated carbocycles. The van der Waals surface area contributed by atoms with Gasteiger partial charge >= 0.3 is 6.09 Å². The Labute approximate surface area is 189 Å². The molecule has 0 aromatic carbocycles. The highest BCUT2D eigenvalue weighted by atomic mass is 16.6. The molecule has 2 aliphatic heterocycles. The molecule has 6 nitrogen and oxygen atoms in total. The van der Waals surface area contributed by atoms with Crippen molar-refractivity contribution >= 4 is 12.0 Å². The molecule has 0 bridgehead atoms. The number of ether oxygens (including phenoxy) is 2. The molecule has 0 spiro atoms. The van der Waals surface area contributed by atoms with Crippen molar-refractivity contribution in [3.63, 3.8) is 0 Å². The molecule has 2 amide bonds. The number of piperidine rings is 2. The molecule has 3 aliphatic rings. The SMILES string of the molecule is CC(C)(C)OC(=O)N1CCC(CCCOC2CCN(C(=O)C3CCCCC3)CC2)CC1. The minimum absolute atomic E-state index is 0.178. The van der Waals surface area contributed by atoms with Gasteiger partial charge in [-0.2, -0.15) is 0 Å². The lowest BCUT2D eigenvalue weighted by Crippen LogP contribution is -2.44. The van der Waals surface area contributed by atoms with Crippen molar-refractivity contribution in [3.05, 3.63) is 0 Å². The van der Waals surface area contributed by atoms with Crippen LogP contribution in [0.1, 0.15) is 91.4 Å². The maximum absolute atomic E-state index is 12.7. The van der Waals surface area contributed by atoms with Gasteiger partial charge in [0, 0.05) is 38.7 Å². The van der Waals surface area contributed by atoms with Crippen LogP contribution in [0.2, 0.25) is 0 Å². The standard InChI is InChI=1S/C25H44N2O4/c1-25(2,3)31-24(29)27-15-11-20(12-16-27)8-7-19-30-22-13-17-26(18-14-22)23(28)21-9-5-4-6-10-21/h20-22H,4-19H2,1-3H3. The molecule has 178 valence electrons. The van der Waals surface area contributed by atoms with Crippen molar-refractivity contribution in [2.24, 2.45) is 11.8 Å². The van der Waals surface area contributed by atoms with Crippen LogP contribution in [0.5, 0.6) is 0 Å². The Morgan fingerprint density at radius 1 is 0.839 bits per heavy atom. The number of likely N-dealkylation sites (tertiary alicyclic amines) is 2. The molecule has 0 atom stereocenters. The Morgan fingerprint density at radius 2 is 1.45 bits per heavy atom. The van der Waals surface area contributed by atoms with E-state index >= 15 is 0 Å². The average molecular weight is 437 g/mol. The molecule has 0 aromatic rings. The Kier molecular flexibility index (Phi) is 9.06. The predicted octanol–water partition coefficient (Wildman–Crippen LogP) is 5.00. The fraction of sp³-hybridized carbons (Fsp3) is 0.920. The fourth-order valence-electron chi connectivity index (χ4n) is 5.20. The summed E-state index contributed by atoms with van der Waals surface area (Å²) in [6.07, 6.45) is 12.4. The lowest BCUT2D eigenvalue weighted by atomic mass is 9.88. The summed E-state index contributed by atoms with van der Waals surface area (Å²) in [5, 5.41) is 0. The summed E-state index contributed by atoms with van der Waals surface area (Å²) in [6.45, 7) is 9.88. The van der Waals surface area contributed by atoms with E-state index in [9.17, 15) is 9.59 Å². The Hall–Kier alpha value is -1.30. The van der Waals surface area contributed by atoms with Gasteiger partial charge in [0.2, 0.25) is 5.91 Å². The zero-order valence-corrected chi connectivity index (χ0v) is 20.1. The zero-order chi connectivity index (χ0) is 22.3. The summed E-state index contributed by atoms with van der Waals surface area (Å²) in [5.74, 6) is 1.36. The van der Waals surface area contributed by atoms with Crippen molar-refractivity contribution in [2.45, 2.75) is 103 Å². The third-order valence-corrected chi connectivity index (χ3v) is 7.08. The molecular formula is C25H44N2O4. The van der Waals surface area contributed by atoms with Gasteiger partial charge in [-0.1, -0.05) is 19.3 Å². The summed E-state index contributed by atoms with van der Waals surface area (Å²) in [5.41, 5.74) is -0.426. The number of rotatable bonds is 6. The topological polar surface area (TPSA) is 59.1 Å². The van der Waals surface area contributed by atoms with Gasteiger partial charge in [-0.25, -0.2) is 4.79 Å². The smallest absolute Gasteiger partial charge is 0.410 e. The second-order valence-corrected chi connectivity index (χ2v) is 10.8. The molecular weight excluding hydrogens is 392 g/mol. The summed E-state index contributed by atoms with van der Waals surface area (Å²) in [6, 6.07) is 0. The molecule has 3 rings (SSSR count). The summed E-state index contributed by atoms with van der Waals surface area (Å²) in [7, 11) is 0. The first-order chi connectivity index (χ1) is 14.8. The van der Waals surface area contributed by atoms with Crippen LogP contribution in [0.4, 0.5) is 4.79 Å². The third kappa shape index (κ3) is 7.96. The highest BCUT2D eigenvalue weighted by Crippen LogP contribution is 2.27. The van der Waals surface area contributed by atoms with E-state index in [1.165, 1.54) is 25.7 Å². The highest BCUT2D eigenvalue weighted by molar-refractivity contribution is 5.79. The minimum Gasteiger partial charge on any atom is -0.444 e. The largest absolute Gasteiger partial charge is 0.444 e. The van der Waals surface area contributed by atoms with Crippen LogP contribution in [-0.2, 0) is 14.3 Å². The van der Waals surface area contributed by atoms with Gasteiger partial charge in [0.15, 0.2) is 0 Å². The Bertz CT molecular complexity index is 567. The lowest BCUT2D eigenvalue weighted by Gasteiger charge is -2.35.